The molecule has 0 spiro atoms. The SMILES string of the molecule is CC(C)Cc1nc(SCC(=O)OCc2ccccc2)c2c(=O)n(C)c(=O)n(C)c2n1. The number of aryl methyl sites for hydroxylation is 1. The van der Waals surface area contributed by atoms with Gasteiger partial charge in [-0.2, -0.15) is 0 Å². The maximum absolute atomic E-state index is 12.8. The van der Waals surface area contributed by atoms with E-state index in [9.17, 15) is 14.4 Å². The zero-order valence-corrected chi connectivity index (χ0v) is 18.2. The molecule has 2 aromatic heterocycles. The van der Waals surface area contributed by atoms with E-state index < -0.39 is 17.2 Å². The van der Waals surface area contributed by atoms with Crippen molar-refractivity contribution in [2.24, 2.45) is 20.0 Å². The molecule has 2 heterocycles. The van der Waals surface area contributed by atoms with Crippen molar-refractivity contribution in [1.82, 2.24) is 19.1 Å². The summed E-state index contributed by atoms with van der Waals surface area (Å²) in [6.45, 7) is 4.24. The fourth-order valence-corrected chi connectivity index (χ4v) is 3.77. The highest BCUT2D eigenvalue weighted by Crippen LogP contribution is 2.23. The van der Waals surface area contributed by atoms with Crippen molar-refractivity contribution >= 4 is 28.8 Å². The fraction of sp³-hybridized carbons (Fsp3) is 0.381. The van der Waals surface area contributed by atoms with Gasteiger partial charge in [-0.1, -0.05) is 55.9 Å². The molecule has 0 aliphatic carbocycles. The van der Waals surface area contributed by atoms with Crippen LogP contribution < -0.4 is 11.2 Å². The monoisotopic (exact) mass is 428 g/mol. The van der Waals surface area contributed by atoms with Crippen molar-refractivity contribution in [1.29, 1.82) is 0 Å². The first kappa shape index (κ1) is 21.8. The molecule has 0 N–H and O–H groups in total. The summed E-state index contributed by atoms with van der Waals surface area (Å²) in [4.78, 5) is 46.3. The van der Waals surface area contributed by atoms with Gasteiger partial charge in [-0.05, 0) is 11.5 Å². The average Bonchev–Trinajstić information content (AvgIpc) is 2.73. The molecule has 3 aromatic rings. The van der Waals surface area contributed by atoms with Gasteiger partial charge in [0.05, 0.1) is 5.75 Å². The molecule has 0 saturated carbocycles. The van der Waals surface area contributed by atoms with Crippen molar-refractivity contribution in [3.63, 3.8) is 0 Å². The standard InChI is InChI=1S/C21H24N4O4S/c1-13(2)10-15-22-18-17(20(27)25(4)21(28)24(18)3)19(23-15)30-12-16(26)29-11-14-8-6-5-7-9-14/h5-9,13H,10-12H2,1-4H3. The molecule has 0 saturated heterocycles. The van der Waals surface area contributed by atoms with Crippen LogP contribution in [0.15, 0.2) is 44.9 Å². The average molecular weight is 429 g/mol. The Kier molecular flexibility index (Phi) is 6.71. The molecule has 8 nitrogen and oxygen atoms in total. The Hall–Kier alpha value is -2.94. The van der Waals surface area contributed by atoms with Gasteiger partial charge in [-0.15, -0.1) is 0 Å². The van der Waals surface area contributed by atoms with Gasteiger partial charge in [0.2, 0.25) is 0 Å². The van der Waals surface area contributed by atoms with Crippen LogP contribution in [0.1, 0.15) is 25.2 Å². The van der Waals surface area contributed by atoms with Gasteiger partial charge in [-0.3, -0.25) is 18.7 Å². The highest BCUT2D eigenvalue weighted by atomic mass is 32.2. The minimum atomic E-state index is -0.482. The first-order valence-electron chi connectivity index (χ1n) is 9.57. The summed E-state index contributed by atoms with van der Waals surface area (Å²) in [5.41, 5.74) is 0.226. The van der Waals surface area contributed by atoms with Crippen LogP contribution >= 0.6 is 11.8 Å². The second-order valence-electron chi connectivity index (χ2n) is 7.38. The third-order valence-electron chi connectivity index (χ3n) is 4.47. The topological polar surface area (TPSA) is 96.1 Å². The molecule has 0 bridgehead atoms. The van der Waals surface area contributed by atoms with E-state index in [0.29, 0.717) is 23.2 Å². The van der Waals surface area contributed by atoms with E-state index in [4.69, 9.17) is 4.74 Å². The summed E-state index contributed by atoms with van der Waals surface area (Å²) in [5.74, 6) is 0.398. The molecule has 9 heteroatoms. The molecule has 0 aliphatic rings. The highest BCUT2D eigenvalue weighted by molar-refractivity contribution is 8.00. The first-order chi connectivity index (χ1) is 14.3. The minimum absolute atomic E-state index is 0.00788. The minimum Gasteiger partial charge on any atom is -0.460 e. The van der Waals surface area contributed by atoms with Crippen LogP contribution in [-0.2, 0) is 36.7 Å². The quantitative estimate of drug-likeness (QED) is 0.323. The number of thioether (sulfide) groups is 1. The second kappa shape index (κ2) is 9.25. The van der Waals surface area contributed by atoms with Crippen molar-refractivity contribution in [2.45, 2.75) is 31.9 Å². The van der Waals surface area contributed by atoms with Crippen LogP contribution in [0, 0.1) is 5.92 Å². The number of ether oxygens (including phenoxy) is 1. The van der Waals surface area contributed by atoms with Crippen molar-refractivity contribution in [3.05, 3.63) is 62.6 Å². The molecule has 158 valence electrons. The van der Waals surface area contributed by atoms with E-state index in [0.717, 1.165) is 21.9 Å². The largest absolute Gasteiger partial charge is 0.460 e. The molecule has 0 aliphatic heterocycles. The normalized spacial score (nSPS) is 11.2. The number of nitrogens with zero attached hydrogens (tertiary/aromatic N) is 4. The Bertz CT molecular complexity index is 1190. The van der Waals surface area contributed by atoms with Gasteiger partial charge in [0.15, 0.2) is 5.65 Å². The van der Waals surface area contributed by atoms with Crippen LogP contribution in [-0.4, -0.2) is 30.8 Å². The maximum Gasteiger partial charge on any atom is 0.332 e. The summed E-state index contributed by atoms with van der Waals surface area (Å²) in [5, 5.41) is 0.608. The third-order valence-corrected chi connectivity index (χ3v) is 5.42. The predicted molar refractivity (Wildman–Crippen MR) is 116 cm³/mol. The van der Waals surface area contributed by atoms with E-state index in [1.807, 2.05) is 44.2 Å². The maximum atomic E-state index is 12.8. The summed E-state index contributed by atoms with van der Waals surface area (Å²) in [6.07, 6.45) is 0.589. The van der Waals surface area contributed by atoms with Gasteiger partial charge in [-0.25, -0.2) is 14.8 Å². The molecule has 0 unspecified atom stereocenters. The summed E-state index contributed by atoms with van der Waals surface area (Å²) in [6, 6.07) is 9.40. The number of hydrogen-bond acceptors (Lipinski definition) is 7. The van der Waals surface area contributed by atoms with Gasteiger partial charge in [0, 0.05) is 20.5 Å². The zero-order valence-electron chi connectivity index (χ0n) is 17.4. The number of benzene rings is 1. The van der Waals surface area contributed by atoms with Gasteiger partial charge < -0.3 is 4.74 Å². The smallest absolute Gasteiger partial charge is 0.332 e. The second-order valence-corrected chi connectivity index (χ2v) is 8.35. The Morgan fingerprint density at radius 2 is 1.80 bits per heavy atom. The summed E-state index contributed by atoms with van der Waals surface area (Å²) in [7, 11) is 2.98. The van der Waals surface area contributed by atoms with Crippen LogP contribution in [0.25, 0.3) is 11.0 Å². The lowest BCUT2D eigenvalue weighted by molar-refractivity contribution is -0.141. The van der Waals surface area contributed by atoms with Gasteiger partial charge in [0.25, 0.3) is 5.56 Å². The number of fused-ring (bicyclic) bond motifs is 1. The van der Waals surface area contributed by atoms with E-state index in [2.05, 4.69) is 9.97 Å². The van der Waals surface area contributed by atoms with E-state index in [-0.39, 0.29) is 23.4 Å². The van der Waals surface area contributed by atoms with E-state index in [1.54, 1.807) is 7.05 Å². The number of rotatable bonds is 7. The molecule has 0 amide bonds. The molecule has 3 rings (SSSR count). The molecular weight excluding hydrogens is 404 g/mol. The van der Waals surface area contributed by atoms with Crippen LogP contribution in [0.4, 0.5) is 0 Å². The molecular formula is C21H24N4O4S. The first-order valence-corrected chi connectivity index (χ1v) is 10.6. The number of carbonyl (C=O) groups is 1. The van der Waals surface area contributed by atoms with Gasteiger partial charge in [0.1, 0.15) is 22.8 Å². The Balaban J connectivity index is 1.90. The van der Waals surface area contributed by atoms with E-state index >= 15 is 0 Å². The molecule has 0 fully saturated rings. The number of hydrogen-bond donors (Lipinski definition) is 0. The van der Waals surface area contributed by atoms with Gasteiger partial charge >= 0.3 is 11.7 Å². The van der Waals surface area contributed by atoms with Crippen LogP contribution in [0.3, 0.4) is 0 Å². The number of aromatic nitrogens is 4. The lowest BCUT2D eigenvalue weighted by Gasteiger charge is -2.12. The lowest BCUT2D eigenvalue weighted by atomic mass is 10.1. The molecule has 1 aromatic carbocycles. The van der Waals surface area contributed by atoms with Crippen molar-refractivity contribution in [2.75, 3.05) is 5.75 Å². The lowest BCUT2D eigenvalue weighted by Crippen LogP contribution is -2.38. The molecule has 0 atom stereocenters. The predicted octanol–water partition coefficient (Wildman–Crippen LogP) is 2.06. The molecule has 30 heavy (non-hydrogen) atoms. The summed E-state index contributed by atoms with van der Waals surface area (Å²) >= 11 is 1.12. The fourth-order valence-electron chi connectivity index (χ4n) is 2.94. The number of carbonyl (C=O) groups excluding carboxylic acids is 1. The zero-order chi connectivity index (χ0) is 21.8. The molecule has 0 radical (unpaired) electrons. The summed E-state index contributed by atoms with van der Waals surface area (Å²) < 4.78 is 7.66. The Morgan fingerprint density at radius 3 is 2.47 bits per heavy atom. The third kappa shape index (κ3) is 4.79. The Labute approximate surface area is 177 Å². The van der Waals surface area contributed by atoms with Crippen LogP contribution in [0.5, 0.6) is 0 Å². The van der Waals surface area contributed by atoms with E-state index in [1.165, 1.54) is 11.6 Å². The Morgan fingerprint density at radius 1 is 1.10 bits per heavy atom. The number of esters is 1. The van der Waals surface area contributed by atoms with Crippen molar-refractivity contribution < 1.29 is 9.53 Å². The van der Waals surface area contributed by atoms with Crippen LogP contribution in [0.2, 0.25) is 0 Å². The van der Waals surface area contributed by atoms with Crippen molar-refractivity contribution in [3.8, 4) is 0 Å². The highest BCUT2D eigenvalue weighted by Gasteiger charge is 2.19.